The average Bonchev–Trinajstić information content (AvgIpc) is 2.29. The number of halogens is 3. The van der Waals surface area contributed by atoms with Crippen molar-refractivity contribution in [3.63, 3.8) is 0 Å². The molecule has 0 fully saturated rings. The number of hydrogen-bond acceptors (Lipinski definition) is 2. The minimum Gasteiger partial charge on any atom is -0.454 e. The van der Waals surface area contributed by atoms with Crippen LogP contribution in [0, 0.1) is 0 Å². The molecule has 0 heterocycles. The first-order valence-electron chi connectivity index (χ1n) is 4.75. The number of hydrogen-bond donors (Lipinski definition) is 1. The molecule has 0 spiro atoms. The Morgan fingerprint density at radius 1 is 0.824 bits per heavy atom. The zero-order chi connectivity index (χ0) is 12.4. The molecule has 0 bridgehead atoms. The van der Waals surface area contributed by atoms with Crippen molar-refractivity contribution in [1.82, 2.24) is 0 Å². The minimum absolute atomic E-state index is 0.378. The number of nitrogen functional groups attached to an aromatic ring is 1. The largest absolute Gasteiger partial charge is 0.454 e. The van der Waals surface area contributed by atoms with Crippen LogP contribution in [0.15, 0.2) is 36.4 Å². The molecule has 2 aromatic rings. The third-order valence-electron chi connectivity index (χ3n) is 2.11. The van der Waals surface area contributed by atoms with Crippen molar-refractivity contribution in [3.05, 3.63) is 51.5 Å². The summed E-state index contributed by atoms with van der Waals surface area (Å²) in [5.74, 6) is 0.937. The van der Waals surface area contributed by atoms with E-state index in [4.69, 9.17) is 45.3 Å². The summed E-state index contributed by atoms with van der Waals surface area (Å²) >= 11 is 17.7. The van der Waals surface area contributed by atoms with E-state index in [0.717, 1.165) is 0 Å². The van der Waals surface area contributed by atoms with Gasteiger partial charge in [0.1, 0.15) is 5.75 Å². The predicted molar refractivity (Wildman–Crippen MR) is 72.4 cm³/mol. The molecule has 2 aromatic carbocycles. The van der Waals surface area contributed by atoms with Gasteiger partial charge >= 0.3 is 0 Å². The van der Waals surface area contributed by atoms with Gasteiger partial charge in [-0.25, -0.2) is 0 Å². The van der Waals surface area contributed by atoms with Gasteiger partial charge in [0.25, 0.3) is 0 Å². The first kappa shape index (κ1) is 12.4. The van der Waals surface area contributed by atoms with Crippen LogP contribution >= 0.6 is 34.8 Å². The zero-order valence-corrected chi connectivity index (χ0v) is 10.9. The molecular formula is C12H8Cl3NO. The van der Waals surface area contributed by atoms with E-state index in [0.29, 0.717) is 32.3 Å². The van der Waals surface area contributed by atoms with E-state index >= 15 is 0 Å². The molecule has 5 heteroatoms. The smallest absolute Gasteiger partial charge is 0.151 e. The molecule has 0 saturated heterocycles. The van der Waals surface area contributed by atoms with Gasteiger partial charge in [0.15, 0.2) is 5.75 Å². The Labute approximate surface area is 114 Å². The van der Waals surface area contributed by atoms with Crippen molar-refractivity contribution < 1.29 is 4.74 Å². The molecule has 2 N–H and O–H groups in total. The zero-order valence-electron chi connectivity index (χ0n) is 8.58. The highest BCUT2D eigenvalue weighted by molar-refractivity contribution is 6.42. The Balaban J connectivity index is 2.37. The molecule has 0 atom stereocenters. The highest BCUT2D eigenvalue weighted by Crippen LogP contribution is 2.36. The summed E-state index contributed by atoms with van der Waals surface area (Å²) < 4.78 is 5.58. The number of benzene rings is 2. The summed E-state index contributed by atoms with van der Waals surface area (Å²) in [6.45, 7) is 0. The molecule has 2 rings (SSSR count). The monoisotopic (exact) mass is 287 g/mol. The second-order valence-electron chi connectivity index (χ2n) is 3.34. The lowest BCUT2D eigenvalue weighted by atomic mass is 10.3. The maximum atomic E-state index is 5.97. The van der Waals surface area contributed by atoms with Gasteiger partial charge < -0.3 is 10.5 Å². The molecule has 0 saturated carbocycles. The molecule has 0 aromatic heterocycles. The van der Waals surface area contributed by atoms with Gasteiger partial charge in [0, 0.05) is 6.07 Å². The van der Waals surface area contributed by atoms with Crippen molar-refractivity contribution in [2.45, 2.75) is 0 Å². The van der Waals surface area contributed by atoms with Crippen molar-refractivity contribution >= 4 is 40.5 Å². The third kappa shape index (κ3) is 2.78. The molecule has 2 nitrogen and oxygen atoms in total. The van der Waals surface area contributed by atoms with Crippen LogP contribution in [0.5, 0.6) is 11.5 Å². The second-order valence-corrected chi connectivity index (χ2v) is 4.56. The van der Waals surface area contributed by atoms with Crippen LogP contribution in [-0.4, -0.2) is 0 Å². The van der Waals surface area contributed by atoms with Gasteiger partial charge in [-0.2, -0.15) is 0 Å². The van der Waals surface area contributed by atoms with Gasteiger partial charge in [0.2, 0.25) is 0 Å². The quantitative estimate of drug-likeness (QED) is 0.787. The number of rotatable bonds is 2. The molecule has 0 unspecified atom stereocenters. The predicted octanol–water partition coefficient (Wildman–Crippen LogP) is 5.02. The van der Waals surface area contributed by atoms with Crippen molar-refractivity contribution in [3.8, 4) is 11.5 Å². The van der Waals surface area contributed by atoms with E-state index in [9.17, 15) is 0 Å². The summed E-state index contributed by atoms with van der Waals surface area (Å²) in [4.78, 5) is 0. The van der Waals surface area contributed by atoms with Crippen LogP contribution in [0.1, 0.15) is 0 Å². The summed E-state index contributed by atoms with van der Waals surface area (Å²) in [6, 6.07) is 10.2. The Kier molecular flexibility index (Phi) is 3.67. The molecule has 0 aliphatic rings. The lowest BCUT2D eigenvalue weighted by Gasteiger charge is -2.10. The number of nitrogens with two attached hydrogens (primary N) is 1. The highest BCUT2D eigenvalue weighted by Gasteiger charge is 2.08. The highest BCUT2D eigenvalue weighted by atomic mass is 35.5. The van der Waals surface area contributed by atoms with Crippen LogP contribution in [0.2, 0.25) is 15.1 Å². The van der Waals surface area contributed by atoms with Crippen molar-refractivity contribution in [1.29, 1.82) is 0 Å². The first-order valence-corrected chi connectivity index (χ1v) is 5.88. The number of anilines is 1. The van der Waals surface area contributed by atoms with E-state index < -0.39 is 0 Å². The molecule has 88 valence electrons. The van der Waals surface area contributed by atoms with E-state index in [1.807, 2.05) is 12.1 Å². The van der Waals surface area contributed by atoms with Crippen LogP contribution in [0.3, 0.4) is 0 Å². The summed E-state index contributed by atoms with van der Waals surface area (Å²) in [5.41, 5.74) is 6.18. The fraction of sp³-hybridized carbons (Fsp3) is 0. The lowest BCUT2D eigenvalue weighted by Crippen LogP contribution is -1.92. The summed E-state index contributed by atoms with van der Waals surface area (Å²) in [5, 5.41) is 1.26. The number of ether oxygens (including phenoxy) is 1. The molecule has 0 aliphatic carbocycles. The SMILES string of the molecule is Nc1cc(Cl)c(Cl)cc1Oc1ccccc1Cl. The molecule has 0 amide bonds. The summed E-state index contributed by atoms with van der Waals surface area (Å²) in [6.07, 6.45) is 0. The van der Waals surface area contributed by atoms with Gasteiger partial charge in [-0.05, 0) is 18.2 Å². The van der Waals surface area contributed by atoms with Crippen LogP contribution in [0.4, 0.5) is 5.69 Å². The molecular weight excluding hydrogens is 280 g/mol. The fourth-order valence-electron chi connectivity index (χ4n) is 1.28. The average molecular weight is 289 g/mol. The first-order chi connectivity index (χ1) is 8.08. The molecule has 0 radical (unpaired) electrons. The molecule has 17 heavy (non-hydrogen) atoms. The van der Waals surface area contributed by atoms with Crippen LogP contribution in [0.25, 0.3) is 0 Å². The normalized spacial score (nSPS) is 10.3. The van der Waals surface area contributed by atoms with Crippen LogP contribution < -0.4 is 10.5 Å². The Morgan fingerprint density at radius 3 is 2.18 bits per heavy atom. The maximum absolute atomic E-state index is 5.97. The Bertz CT molecular complexity index is 557. The molecule has 0 aliphatic heterocycles. The fourth-order valence-corrected chi connectivity index (χ4v) is 1.78. The van der Waals surface area contributed by atoms with Crippen molar-refractivity contribution in [2.24, 2.45) is 0 Å². The Morgan fingerprint density at radius 2 is 1.47 bits per heavy atom. The van der Waals surface area contributed by atoms with Crippen LogP contribution in [-0.2, 0) is 0 Å². The standard InChI is InChI=1S/C12H8Cl3NO/c13-7-3-1-2-4-11(7)17-12-6-9(15)8(14)5-10(12)16/h1-6H,16H2. The Hall–Kier alpha value is -1.09. The van der Waals surface area contributed by atoms with E-state index in [-0.39, 0.29) is 0 Å². The van der Waals surface area contributed by atoms with Crippen molar-refractivity contribution in [2.75, 3.05) is 5.73 Å². The second kappa shape index (κ2) is 5.05. The van der Waals surface area contributed by atoms with Gasteiger partial charge in [-0.15, -0.1) is 0 Å². The summed E-state index contributed by atoms with van der Waals surface area (Å²) in [7, 11) is 0. The maximum Gasteiger partial charge on any atom is 0.151 e. The minimum atomic E-state index is 0.378. The van der Waals surface area contributed by atoms with E-state index in [1.54, 1.807) is 18.2 Å². The van der Waals surface area contributed by atoms with E-state index in [2.05, 4.69) is 0 Å². The van der Waals surface area contributed by atoms with Gasteiger partial charge in [0.05, 0.1) is 20.8 Å². The lowest BCUT2D eigenvalue weighted by molar-refractivity contribution is 0.485. The van der Waals surface area contributed by atoms with Gasteiger partial charge in [-0.1, -0.05) is 46.9 Å². The van der Waals surface area contributed by atoms with E-state index in [1.165, 1.54) is 6.07 Å². The third-order valence-corrected chi connectivity index (χ3v) is 3.14. The number of para-hydroxylation sites is 1. The van der Waals surface area contributed by atoms with Gasteiger partial charge in [-0.3, -0.25) is 0 Å². The topological polar surface area (TPSA) is 35.2 Å².